The maximum absolute atomic E-state index is 13.1. The van der Waals surface area contributed by atoms with Crippen LogP contribution in [0.5, 0.6) is 0 Å². The van der Waals surface area contributed by atoms with E-state index in [1.165, 1.54) is 23.5 Å². The number of hydrogen-bond donors (Lipinski definition) is 1. The molecule has 0 saturated heterocycles. The number of thiazole rings is 1. The number of aromatic nitrogens is 1. The van der Waals surface area contributed by atoms with E-state index in [9.17, 15) is 4.39 Å². The van der Waals surface area contributed by atoms with E-state index < -0.39 is 0 Å². The van der Waals surface area contributed by atoms with Crippen LogP contribution in [0.15, 0.2) is 47.8 Å². The first-order valence-electron chi connectivity index (χ1n) is 5.90. The Morgan fingerprint density at radius 3 is 2.75 bits per heavy atom. The molecule has 0 amide bonds. The van der Waals surface area contributed by atoms with Crippen LogP contribution >= 0.6 is 22.9 Å². The molecule has 5 heteroatoms. The van der Waals surface area contributed by atoms with Crippen LogP contribution in [-0.4, -0.2) is 4.98 Å². The number of benzene rings is 2. The van der Waals surface area contributed by atoms with Crippen molar-refractivity contribution in [3.8, 4) is 21.8 Å². The summed E-state index contributed by atoms with van der Waals surface area (Å²) in [5, 5.41) is 3.05. The van der Waals surface area contributed by atoms with Crippen LogP contribution in [0.1, 0.15) is 0 Å². The number of anilines is 1. The van der Waals surface area contributed by atoms with Gasteiger partial charge < -0.3 is 5.73 Å². The van der Waals surface area contributed by atoms with Crippen LogP contribution in [0.3, 0.4) is 0 Å². The maximum Gasteiger partial charge on any atom is 0.125 e. The van der Waals surface area contributed by atoms with E-state index in [1.54, 1.807) is 6.07 Å². The van der Waals surface area contributed by atoms with E-state index >= 15 is 0 Å². The van der Waals surface area contributed by atoms with Crippen LogP contribution in [0.2, 0.25) is 5.02 Å². The van der Waals surface area contributed by atoms with Gasteiger partial charge in [-0.05, 0) is 30.3 Å². The van der Waals surface area contributed by atoms with Crippen molar-refractivity contribution in [3.63, 3.8) is 0 Å². The van der Waals surface area contributed by atoms with Gasteiger partial charge in [0.1, 0.15) is 10.8 Å². The summed E-state index contributed by atoms with van der Waals surface area (Å²) in [6, 6.07) is 11.8. The number of rotatable bonds is 2. The van der Waals surface area contributed by atoms with Crippen molar-refractivity contribution in [2.75, 3.05) is 5.73 Å². The van der Waals surface area contributed by atoms with Crippen molar-refractivity contribution in [3.05, 3.63) is 58.7 Å². The van der Waals surface area contributed by atoms with Crippen molar-refractivity contribution < 1.29 is 4.39 Å². The predicted octanol–water partition coefficient (Wildman–Crippen LogP) is 4.85. The fourth-order valence-electron chi connectivity index (χ4n) is 1.89. The Balaban J connectivity index is 2.02. The van der Waals surface area contributed by atoms with Crippen LogP contribution < -0.4 is 5.73 Å². The molecular formula is C15H10ClFN2S. The Morgan fingerprint density at radius 2 is 2.00 bits per heavy atom. The molecule has 0 fully saturated rings. The quantitative estimate of drug-likeness (QED) is 0.687. The molecule has 3 rings (SSSR count). The SMILES string of the molecule is Nc1cccc(-c2csc(-c3ccc(F)cc3Cl)n2)c1. The van der Waals surface area contributed by atoms with Crippen molar-refractivity contribution in [2.24, 2.45) is 0 Å². The molecule has 0 bridgehead atoms. The van der Waals surface area contributed by atoms with E-state index in [0.29, 0.717) is 10.7 Å². The normalized spacial score (nSPS) is 10.7. The zero-order valence-electron chi connectivity index (χ0n) is 10.3. The lowest BCUT2D eigenvalue weighted by Gasteiger charge is -2.00. The molecular weight excluding hydrogens is 295 g/mol. The van der Waals surface area contributed by atoms with Gasteiger partial charge in [-0.3, -0.25) is 0 Å². The standard InChI is InChI=1S/C15H10ClFN2S/c16-13-7-10(17)4-5-12(13)15-19-14(8-20-15)9-2-1-3-11(18)6-9/h1-8H,18H2. The second-order valence-electron chi connectivity index (χ2n) is 4.29. The summed E-state index contributed by atoms with van der Waals surface area (Å²) >= 11 is 7.52. The van der Waals surface area contributed by atoms with Crippen molar-refractivity contribution in [2.45, 2.75) is 0 Å². The lowest BCUT2D eigenvalue weighted by molar-refractivity contribution is 0.628. The van der Waals surface area contributed by atoms with Crippen molar-refractivity contribution in [1.29, 1.82) is 0 Å². The van der Waals surface area contributed by atoms with Crippen LogP contribution in [0.4, 0.5) is 10.1 Å². The minimum absolute atomic E-state index is 0.355. The van der Waals surface area contributed by atoms with Gasteiger partial charge in [-0.15, -0.1) is 11.3 Å². The third-order valence-corrected chi connectivity index (χ3v) is 4.04. The molecule has 2 nitrogen and oxygen atoms in total. The highest BCUT2D eigenvalue weighted by Gasteiger charge is 2.10. The fourth-order valence-corrected chi connectivity index (χ4v) is 3.07. The fraction of sp³-hybridized carbons (Fsp3) is 0. The molecule has 0 aliphatic carbocycles. The summed E-state index contributed by atoms with van der Waals surface area (Å²) in [5.41, 5.74) is 8.97. The predicted molar refractivity (Wildman–Crippen MR) is 82.4 cm³/mol. The average molecular weight is 305 g/mol. The Labute approximate surface area is 124 Å². The van der Waals surface area contributed by atoms with Crippen molar-refractivity contribution in [1.82, 2.24) is 4.98 Å². The Morgan fingerprint density at radius 1 is 1.15 bits per heavy atom. The summed E-state index contributed by atoms with van der Waals surface area (Å²) in [7, 11) is 0. The van der Waals surface area contributed by atoms with Gasteiger partial charge in [-0.25, -0.2) is 9.37 Å². The second kappa shape index (κ2) is 5.23. The summed E-state index contributed by atoms with van der Waals surface area (Å²) in [6.07, 6.45) is 0. The van der Waals surface area contributed by atoms with Crippen LogP contribution in [0, 0.1) is 5.82 Å². The molecule has 0 radical (unpaired) electrons. The summed E-state index contributed by atoms with van der Waals surface area (Å²) in [4.78, 5) is 4.54. The Hall–Kier alpha value is -1.91. The third kappa shape index (κ3) is 2.53. The molecule has 0 unspecified atom stereocenters. The second-order valence-corrected chi connectivity index (χ2v) is 5.55. The van der Waals surface area contributed by atoms with E-state index in [4.69, 9.17) is 17.3 Å². The summed E-state index contributed by atoms with van der Waals surface area (Å²) in [5.74, 6) is -0.355. The van der Waals surface area contributed by atoms with E-state index in [-0.39, 0.29) is 5.82 Å². The third-order valence-electron chi connectivity index (χ3n) is 2.85. The zero-order chi connectivity index (χ0) is 14.1. The minimum Gasteiger partial charge on any atom is -0.399 e. The highest BCUT2D eigenvalue weighted by Crippen LogP contribution is 2.33. The Kier molecular flexibility index (Phi) is 3.42. The highest BCUT2D eigenvalue weighted by molar-refractivity contribution is 7.13. The smallest absolute Gasteiger partial charge is 0.125 e. The largest absolute Gasteiger partial charge is 0.399 e. The van der Waals surface area contributed by atoms with Gasteiger partial charge in [-0.2, -0.15) is 0 Å². The van der Waals surface area contributed by atoms with Gasteiger partial charge in [0.15, 0.2) is 0 Å². The van der Waals surface area contributed by atoms with Crippen molar-refractivity contribution >= 4 is 28.6 Å². The zero-order valence-corrected chi connectivity index (χ0v) is 11.9. The maximum atomic E-state index is 13.1. The topological polar surface area (TPSA) is 38.9 Å². The average Bonchev–Trinajstić information content (AvgIpc) is 2.88. The number of nitrogen functional groups attached to an aromatic ring is 1. The van der Waals surface area contributed by atoms with Gasteiger partial charge in [0.25, 0.3) is 0 Å². The molecule has 0 saturated carbocycles. The van der Waals surface area contributed by atoms with Crippen LogP contribution in [0.25, 0.3) is 21.8 Å². The first-order chi connectivity index (χ1) is 9.63. The first kappa shape index (κ1) is 13.1. The monoisotopic (exact) mass is 304 g/mol. The van der Waals surface area contributed by atoms with E-state index in [2.05, 4.69) is 4.98 Å². The highest BCUT2D eigenvalue weighted by atomic mass is 35.5. The molecule has 1 aromatic heterocycles. The molecule has 3 aromatic rings. The number of nitrogens with two attached hydrogens (primary N) is 1. The van der Waals surface area contributed by atoms with Gasteiger partial charge in [0.05, 0.1) is 10.7 Å². The number of hydrogen-bond acceptors (Lipinski definition) is 3. The van der Waals surface area contributed by atoms with Crippen LogP contribution in [-0.2, 0) is 0 Å². The molecule has 2 aromatic carbocycles. The number of halogens is 2. The van der Waals surface area contributed by atoms with Gasteiger partial charge in [-0.1, -0.05) is 23.7 Å². The molecule has 0 spiro atoms. The van der Waals surface area contributed by atoms with Gasteiger partial charge in [0.2, 0.25) is 0 Å². The molecule has 20 heavy (non-hydrogen) atoms. The molecule has 2 N–H and O–H groups in total. The minimum atomic E-state index is -0.355. The first-order valence-corrected chi connectivity index (χ1v) is 7.16. The lowest BCUT2D eigenvalue weighted by Crippen LogP contribution is -1.85. The lowest BCUT2D eigenvalue weighted by atomic mass is 10.1. The molecule has 0 atom stereocenters. The van der Waals surface area contributed by atoms with Gasteiger partial charge >= 0.3 is 0 Å². The van der Waals surface area contributed by atoms with E-state index in [0.717, 1.165) is 21.8 Å². The molecule has 0 aliphatic heterocycles. The molecule has 100 valence electrons. The summed E-state index contributed by atoms with van der Waals surface area (Å²) < 4.78 is 13.1. The molecule has 1 heterocycles. The number of nitrogens with zero attached hydrogens (tertiary/aromatic N) is 1. The van der Waals surface area contributed by atoms with Gasteiger partial charge in [0, 0.05) is 22.2 Å². The summed E-state index contributed by atoms with van der Waals surface area (Å²) in [6.45, 7) is 0. The molecule has 0 aliphatic rings. The Bertz CT molecular complexity index is 770. The van der Waals surface area contributed by atoms with E-state index in [1.807, 2.05) is 29.6 Å².